The number of halogens is 2. The fourth-order valence-corrected chi connectivity index (χ4v) is 2.15. The molecule has 1 saturated heterocycles. The summed E-state index contributed by atoms with van der Waals surface area (Å²) in [5.41, 5.74) is 0. The molecule has 4 nitrogen and oxygen atoms in total. The molecule has 1 heterocycles. The third-order valence-electron chi connectivity index (χ3n) is 2.80. The predicted octanol–water partition coefficient (Wildman–Crippen LogP) is 2.67. The van der Waals surface area contributed by atoms with Crippen molar-refractivity contribution in [2.45, 2.75) is 18.9 Å². The Kier molecular flexibility index (Phi) is 5.31. The van der Waals surface area contributed by atoms with E-state index in [0.29, 0.717) is 22.3 Å². The van der Waals surface area contributed by atoms with Crippen molar-refractivity contribution in [1.82, 2.24) is 5.32 Å². The molecule has 19 heavy (non-hydrogen) atoms. The number of hydrogen-bond donors (Lipinski definition) is 1. The molecule has 0 spiro atoms. The van der Waals surface area contributed by atoms with Crippen molar-refractivity contribution in [2.75, 3.05) is 19.8 Å². The quantitative estimate of drug-likeness (QED) is 0.910. The van der Waals surface area contributed by atoms with Crippen LogP contribution in [0.15, 0.2) is 18.2 Å². The lowest BCUT2D eigenvalue weighted by Crippen LogP contribution is -2.35. The molecule has 0 radical (unpaired) electrons. The molecule has 1 amide bonds. The summed E-state index contributed by atoms with van der Waals surface area (Å²) in [5.74, 6) is 0.202. The van der Waals surface area contributed by atoms with E-state index in [1.807, 2.05) is 0 Å². The van der Waals surface area contributed by atoms with E-state index in [-0.39, 0.29) is 18.6 Å². The highest BCUT2D eigenvalue weighted by atomic mass is 35.5. The maximum absolute atomic E-state index is 11.6. The number of amides is 1. The first-order valence-corrected chi connectivity index (χ1v) is 6.87. The van der Waals surface area contributed by atoms with Gasteiger partial charge in [0.2, 0.25) is 0 Å². The number of rotatable bonds is 5. The second kappa shape index (κ2) is 6.98. The van der Waals surface area contributed by atoms with Crippen molar-refractivity contribution in [3.8, 4) is 5.75 Å². The molecular weight excluding hydrogens is 289 g/mol. The van der Waals surface area contributed by atoms with Crippen molar-refractivity contribution >= 4 is 29.1 Å². The molecule has 1 unspecified atom stereocenters. The van der Waals surface area contributed by atoms with Crippen molar-refractivity contribution in [1.29, 1.82) is 0 Å². The van der Waals surface area contributed by atoms with E-state index in [0.717, 1.165) is 19.4 Å². The van der Waals surface area contributed by atoms with Gasteiger partial charge in [-0.1, -0.05) is 23.2 Å². The van der Waals surface area contributed by atoms with Crippen LogP contribution in [0.1, 0.15) is 12.8 Å². The zero-order chi connectivity index (χ0) is 13.7. The van der Waals surface area contributed by atoms with Gasteiger partial charge in [-0.05, 0) is 25.0 Å². The van der Waals surface area contributed by atoms with Crippen LogP contribution >= 0.6 is 23.2 Å². The van der Waals surface area contributed by atoms with E-state index in [2.05, 4.69) is 5.32 Å². The van der Waals surface area contributed by atoms with Crippen molar-refractivity contribution in [3.63, 3.8) is 0 Å². The maximum Gasteiger partial charge on any atom is 0.258 e. The summed E-state index contributed by atoms with van der Waals surface area (Å²) in [5, 5.41) is 3.70. The molecule has 0 aromatic heterocycles. The van der Waals surface area contributed by atoms with Gasteiger partial charge in [-0.15, -0.1) is 0 Å². The first-order chi connectivity index (χ1) is 9.15. The number of benzene rings is 1. The molecular formula is C13H15Cl2NO3. The van der Waals surface area contributed by atoms with Crippen molar-refractivity contribution in [2.24, 2.45) is 0 Å². The first kappa shape index (κ1) is 14.4. The van der Waals surface area contributed by atoms with Crippen molar-refractivity contribution in [3.05, 3.63) is 28.2 Å². The molecule has 0 bridgehead atoms. The summed E-state index contributed by atoms with van der Waals surface area (Å²) in [7, 11) is 0. The summed E-state index contributed by atoms with van der Waals surface area (Å²) in [6.45, 7) is 1.20. The highest BCUT2D eigenvalue weighted by Crippen LogP contribution is 2.27. The number of carbonyl (C=O) groups is 1. The monoisotopic (exact) mass is 303 g/mol. The molecule has 1 aromatic rings. The molecule has 0 aliphatic carbocycles. The normalized spacial score (nSPS) is 18.3. The SMILES string of the molecule is O=C(COc1cc(Cl)ccc1Cl)NCC1CCCO1. The molecule has 104 valence electrons. The van der Waals surface area contributed by atoms with Crippen LogP contribution in [0, 0.1) is 0 Å². The van der Waals surface area contributed by atoms with Gasteiger partial charge in [0.05, 0.1) is 11.1 Å². The Morgan fingerprint density at radius 1 is 1.47 bits per heavy atom. The minimum atomic E-state index is -0.202. The predicted molar refractivity (Wildman–Crippen MR) is 73.9 cm³/mol. The standard InChI is InChI=1S/C13H15Cl2NO3/c14-9-3-4-11(15)12(6-9)19-8-13(17)16-7-10-2-1-5-18-10/h3-4,6,10H,1-2,5,7-8H2,(H,16,17). The van der Waals surface area contributed by atoms with Gasteiger partial charge in [-0.25, -0.2) is 0 Å². The fourth-order valence-electron chi connectivity index (χ4n) is 1.82. The van der Waals surface area contributed by atoms with Gasteiger partial charge < -0.3 is 14.8 Å². The average Bonchev–Trinajstić information content (AvgIpc) is 2.90. The van der Waals surface area contributed by atoms with E-state index >= 15 is 0 Å². The molecule has 1 aliphatic rings. The van der Waals surface area contributed by atoms with E-state index in [1.165, 1.54) is 0 Å². The van der Waals surface area contributed by atoms with Gasteiger partial charge in [0, 0.05) is 24.2 Å². The molecule has 0 saturated carbocycles. The van der Waals surface area contributed by atoms with Gasteiger partial charge in [-0.3, -0.25) is 4.79 Å². The second-order valence-corrected chi connectivity index (χ2v) is 5.15. The number of ether oxygens (including phenoxy) is 2. The minimum Gasteiger partial charge on any atom is -0.482 e. The minimum absolute atomic E-state index is 0.0905. The van der Waals surface area contributed by atoms with E-state index in [9.17, 15) is 4.79 Å². The van der Waals surface area contributed by atoms with E-state index in [4.69, 9.17) is 32.7 Å². The van der Waals surface area contributed by atoms with Gasteiger partial charge in [-0.2, -0.15) is 0 Å². The van der Waals surface area contributed by atoms with Gasteiger partial charge in [0.1, 0.15) is 5.75 Å². The molecule has 1 fully saturated rings. The Morgan fingerprint density at radius 3 is 3.05 bits per heavy atom. The topological polar surface area (TPSA) is 47.6 Å². The maximum atomic E-state index is 11.6. The Balaban J connectivity index is 1.74. The summed E-state index contributed by atoms with van der Waals surface area (Å²) in [6.07, 6.45) is 2.16. The number of hydrogen-bond acceptors (Lipinski definition) is 3. The smallest absolute Gasteiger partial charge is 0.258 e. The lowest BCUT2D eigenvalue weighted by atomic mass is 10.2. The molecule has 6 heteroatoms. The fraction of sp³-hybridized carbons (Fsp3) is 0.462. The van der Waals surface area contributed by atoms with Crippen LogP contribution in [0.4, 0.5) is 0 Å². The first-order valence-electron chi connectivity index (χ1n) is 6.11. The highest BCUT2D eigenvalue weighted by Gasteiger charge is 2.16. The van der Waals surface area contributed by atoms with Crippen LogP contribution < -0.4 is 10.1 Å². The van der Waals surface area contributed by atoms with Gasteiger partial charge >= 0.3 is 0 Å². The van der Waals surface area contributed by atoms with E-state index < -0.39 is 0 Å². The average molecular weight is 304 g/mol. The third kappa shape index (κ3) is 4.56. The Bertz CT molecular complexity index is 448. The Morgan fingerprint density at radius 2 is 2.32 bits per heavy atom. The largest absolute Gasteiger partial charge is 0.482 e. The molecule has 2 rings (SSSR count). The van der Waals surface area contributed by atoms with Crippen LogP contribution in [0.5, 0.6) is 5.75 Å². The highest BCUT2D eigenvalue weighted by molar-refractivity contribution is 6.34. The number of nitrogens with one attached hydrogen (secondary N) is 1. The van der Waals surface area contributed by atoms with Gasteiger partial charge in [0.25, 0.3) is 5.91 Å². The summed E-state index contributed by atoms with van der Waals surface area (Å²) in [6, 6.07) is 4.87. The summed E-state index contributed by atoms with van der Waals surface area (Å²) in [4.78, 5) is 11.6. The lowest BCUT2D eigenvalue weighted by Gasteiger charge is -2.12. The zero-order valence-electron chi connectivity index (χ0n) is 10.3. The van der Waals surface area contributed by atoms with Crippen molar-refractivity contribution < 1.29 is 14.3 Å². The Hall–Kier alpha value is -0.970. The van der Waals surface area contributed by atoms with Crippen LogP contribution in [0.3, 0.4) is 0 Å². The zero-order valence-corrected chi connectivity index (χ0v) is 11.8. The van der Waals surface area contributed by atoms with Crippen LogP contribution in [0.2, 0.25) is 10.0 Å². The molecule has 1 atom stereocenters. The third-order valence-corrected chi connectivity index (χ3v) is 3.35. The van der Waals surface area contributed by atoms with Crippen LogP contribution in [-0.2, 0) is 9.53 Å². The summed E-state index contributed by atoms with van der Waals surface area (Å²) >= 11 is 11.7. The second-order valence-electron chi connectivity index (χ2n) is 4.30. The van der Waals surface area contributed by atoms with Gasteiger partial charge in [0.15, 0.2) is 6.61 Å². The van der Waals surface area contributed by atoms with Crippen LogP contribution in [0.25, 0.3) is 0 Å². The van der Waals surface area contributed by atoms with Crippen LogP contribution in [-0.4, -0.2) is 31.8 Å². The lowest BCUT2D eigenvalue weighted by molar-refractivity contribution is -0.123. The van der Waals surface area contributed by atoms with E-state index in [1.54, 1.807) is 18.2 Å². The summed E-state index contributed by atoms with van der Waals surface area (Å²) < 4.78 is 10.7. The Labute approximate surface area is 122 Å². The number of carbonyl (C=O) groups excluding carboxylic acids is 1. The molecule has 1 aromatic carbocycles. The molecule has 1 aliphatic heterocycles. The molecule has 1 N–H and O–H groups in total.